The van der Waals surface area contributed by atoms with Crippen LogP contribution in [0.4, 0.5) is 10.5 Å². The van der Waals surface area contributed by atoms with Crippen molar-refractivity contribution >= 4 is 35.0 Å². The molecular weight excluding hydrogens is 348 g/mol. The van der Waals surface area contributed by atoms with Crippen LogP contribution in [0.2, 0.25) is 0 Å². The van der Waals surface area contributed by atoms with Crippen LogP contribution >= 0.6 is 12.2 Å². The van der Waals surface area contributed by atoms with Crippen molar-refractivity contribution in [1.82, 2.24) is 15.8 Å². The zero-order valence-electron chi connectivity index (χ0n) is 14.6. The predicted octanol–water partition coefficient (Wildman–Crippen LogP) is 3.05. The van der Waals surface area contributed by atoms with Gasteiger partial charge in [0.05, 0.1) is 0 Å². The number of nitrogens with zero attached hydrogens (tertiary/aromatic N) is 1. The van der Waals surface area contributed by atoms with E-state index in [0.29, 0.717) is 6.42 Å². The molecule has 0 unspecified atom stereocenters. The topological polar surface area (TPSA) is 73.5 Å². The molecule has 0 spiro atoms. The molecule has 1 aliphatic heterocycles. The molecule has 7 heteroatoms. The van der Waals surface area contributed by atoms with Crippen LogP contribution in [0.25, 0.3) is 0 Å². The van der Waals surface area contributed by atoms with Gasteiger partial charge in [-0.3, -0.25) is 10.2 Å². The number of para-hydroxylation sites is 1. The van der Waals surface area contributed by atoms with Gasteiger partial charge < -0.3 is 10.6 Å². The quantitative estimate of drug-likeness (QED) is 0.571. The monoisotopic (exact) mass is 368 g/mol. The van der Waals surface area contributed by atoms with Crippen molar-refractivity contribution in [1.29, 1.82) is 0 Å². The van der Waals surface area contributed by atoms with Gasteiger partial charge in [0.2, 0.25) is 0 Å². The van der Waals surface area contributed by atoms with Crippen molar-refractivity contribution < 1.29 is 9.59 Å². The summed E-state index contributed by atoms with van der Waals surface area (Å²) < 4.78 is 0. The number of hydrogen-bond acceptors (Lipinski definition) is 3. The molecule has 0 radical (unpaired) electrons. The van der Waals surface area contributed by atoms with Gasteiger partial charge in [0.25, 0.3) is 5.91 Å². The number of anilines is 1. The molecule has 0 aliphatic carbocycles. The molecule has 3 amide bonds. The van der Waals surface area contributed by atoms with E-state index >= 15 is 0 Å². The van der Waals surface area contributed by atoms with E-state index in [1.807, 2.05) is 68.4 Å². The van der Waals surface area contributed by atoms with Gasteiger partial charge in [-0.15, -0.1) is 0 Å². The molecule has 6 nitrogen and oxygen atoms in total. The summed E-state index contributed by atoms with van der Waals surface area (Å²) in [4.78, 5) is 25.4. The molecule has 3 N–H and O–H groups in total. The van der Waals surface area contributed by atoms with Crippen LogP contribution < -0.4 is 16.1 Å². The van der Waals surface area contributed by atoms with Gasteiger partial charge in [-0.1, -0.05) is 55.5 Å². The highest BCUT2D eigenvalue weighted by atomic mass is 32.1. The van der Waals surface area contributed by atoms with Crippen molar-refractivity contribution in [3.05, 3.63) is 65.7 Å². The van der Waals surface area contributed by atoms with Crippen LogP contribution in [0.3, 0.4) is 0 Å². The number of benzene rings is 2. The lowest BCUT2D eigenvalue weighted by Gasteiger charge is -2.25. The van der Waals surface area contributed by atoms with Crippen molar-refractivity contribution in [3.8, 4) is 0 Å². The second-order valence-electron chi connectivity index (χ2n) is 6.08. The fourth-order valence-electron chi connectivity index (χ4n) is 3.00. The normalized spacial score (nSPS) is 19.2. The van der Waals surface area contributed by atoms with E-state index in [9.17, 15) is 9.59 Å². The van der Waals surface area contributed by atoms with E-state index < -0.39 is 11.6 Å². The molecule has 0 saturated carbocycles. The number of hydrazine groups is 1. The summed E-state index contributed by atoms with van der Waals surface area (Å²) in [6.07, 6.45) is 0.428. The van der Waals surface area contributed by atoms with Gasteiger partial charge >= 0.3 is 6.03 Å². The lowest BCUT2D eigenvalue weighted by molar-refractivity contribution is -0.133. The third kappa shape index (κ3) is 3.13. The van der Waals surface area contributed by atoms with Gasteiger partial charge in [0, 0.05) is 5.69 Å². The Kier molecular flexibility index (Phi) is 4.90. The van der Waals surface area contributed by atoms with Gasteiger partial charge in [-0.05, 0) is 42.8 Å². The number of nitrogens with one attached hydrogen (secondary N) is 3. The van der Waals surface area contributed by atoms with E-state index in [1.165, 1.54) is 0 Å². The van der Waals surface area contributed by atoms with Gasteiger partial charge in [-0.25, -0.2) is 4.79 Å². The minimum atomic E-state index is -1.09. The van der Waals surface area contributed by atoms with Crippen LogP contribution in [0.15, 0.2) is 54.6 Å². The first-order chi connectivity index (χ1) is 12.5. The number of urea groups is 1. The van der Waals surface area contributed by atoms with Crippen molar-refractivity contribution in [3.63, 3.8) is 0 Å². The van der Waals surface area contributed by atoms with E-state index in [0.717, 1.165) is 21.8 Å². The summed E-state index contributed by atoms with van der Waals surface area (Å²) in [5, 5.41) is 6.91. The fourth-order valence-corrected chi connectivity index (χ4v) is 3.20. The van der Waals surface area contributed by atoms with E-state index in [4.69, 9.17) is 12.2 Å². The number of hydrogen-bond donors (Lipinski definition) is 3. The predicted molar refractivity (Wildman–Crippen MR) is 104 cm³/mol. The SMILES string of the molecule is CC[C@]1(c2ccccc2)NC(=O)N(NC(=S)Nc2ccccc2C)C1=O. The molecule has 2 aromatic rings. The molecule has 1 aliphatic rings. The number of carbonyl (C=O) groups is 2. The Labute approximate surface area is 157 Å². The lowest BCUT2D eigenvalue weighted by atomic mass is 9.87. The summed E-state index contributed by atoms with van der Waals surface area (Å²) in [5.74, 6) is -0.384. The Hall–Kier alpha value is -2.93. The highest BCUT2D eigenvalue weighted by Gasteiger charge is 2.51. The van der Waals surface area contributed by atoms with E-state index in [1.54, 1.807) is 0 Å². The Balaban J connectivity index is 1.79. The molecule has 3 rings (SSSR count). The maximum absolute atomic E-state index is 13.0. The van der Waals surface area contributed by atoms with Crippen LogP contribution in [-0.4, -0.2) is 22.1 Å². The average Bonchev–Trinajstić information content (AvgIpc) is 2.89. The second-order valence-corrected chi connectivity index (χ2v) is 6.48. The number of amides is 3. The Bertz CT molecular complexity index is 856. The van der Waals surface area contributed by atoms with Crippen LogP contribution in [0, 0.1) is 6.92 Å². The molecule has 1 saturated heterocycles. The van der Waals surface area contributed by atoms with E-state index in [2.05, 4.69) is 16.1 Å². The first-order valence-corrected chi connectivity index (χ1v) is 8.74. The van der Waals surface area contributed by atoms with Gasteiger partial charge in [-0.2, -0.15) is 5.01 Å². The Morgan fingerprint density at radius 2 is 1.77 bits per heavy atom. The largest absolute Gasteiger partial charge is 0.344 e. The van der Waals surface area contributed by atoms with Crippen molar-refractivity contribution in [2.75, 3.05) is 5.32 Å². The van der Waals surface area contributed by atoms with Crippen LogP contribution in [0.5, 0.6) is 0 Å². The van der Waals surface area contributed by atoms with Gasteiger partial charge in [0.1, 0.15) is 5.54 Å². The number of carbonyl (C=O) groups excluding carboxylic acids is 2. The highest BCUT2D eigenvalue weighted by Crippen LogP contribution is 2.31. The number of imide groups is 1. The molecule has 134 valence electrons. The molecule has 2 aromatic carbocycles. The van der Waals surface area contributed by atoms with Crippen molar-refractivity contribution in [2.45, 2.75) is 25.8 Å². The number of thiocarbonyl (C=S) groups is 1. The minimum Gasteiger partial charge on any atom is -0.331 e. The molecule has 0 bridgehead atoms. The summed E-state index contributed by atoms with van der Waals surface area (Å²) in [7, 11) is 0. The summed E-state index contributed by atoms with van der Waals surface area (Å²) in [5.41, 5.74) is 4.16. The second kappa shape index (κ2) is 7.13. The molecule has 0 aromatic heterocycles. The average molecular weight is 368 g/mol. The summed E-state index contributed by atoms with van der Waals surface area (Å²) >= 11 is 5.27. The molecular formula is C19H20N4O2S. The van der Waals surface area contributed by atoms with Crippen LogP contribution in [-0.2, 0) is 10.3 Å². The van der Waals surface area contributed by atoms with E-state index in [-0.39, 0.29) is 11.0 Å². The highest BCUT2D eigenvalue weighted by molar-refractivity contribution is 7.80. The number of aryl methyl sites for hydroxylation is 1. The third-order valence-electron chi connectivity index (χ3n) is 4.50. The zero-order chi connectivity index (χ0) is 18.7. The molecule has 26 heavy (non-hydrogen) atoms. The maximum atomic E-state index is 13.0. The smallest absolute Gasteiger partial charge is 0.331 e. The minimum absolute atomic E-state index is 0.169. The standard InChI is InChI=1S/C19H20N4O2S/c1-3-19(14-10-5-4-6-11-14)16(24)23(18(25)21-19)22-17(26)20-15-12-8-7-9-13(15)2/h4-12H,3H2,1-2H3,(H,21,25)(H2,20,22,26)/t19-/m1/s1. The third-order valence-corrected chi connectivity index (χ3v) is 4.69. The molecule has 1 atom stereocenters. The van der Waals surface area contributed by atoms with Crippen molar-refractivity contribution in [2.24, 2.45) is 0 Å². The Morgan fingerprint density at radius 3 is 2.42 bits per heavy atom. The summed E-state index contributed by atoms with van der Waals surface area (Å²) in [6, 6.07) is 16.3. The first-order valence-electron chi connectivity index (χ1n) is 8.33. The zero-order valence-corrected chi connectivity index (χ0v) is 15.4. The Morgan fingerprint density at radius 1 is 1.12 bits per heavy atom. The maximum Gasteiger partial charge on any atom is 0.344 e. The molecule has 1 fully saturated rings. The number of rotatable bonds is 4. The van der Waals surface area contributed by atoms with Gasteiger partial charge in [0.15, 0.2) is 5.11 Å². The van der Waals surface area contributed by atoms with Crippen LogP contribution in [0.1, 0.15) is 24.5 Å². The fraction of sp³-hybridized carbons (Fsp3) is 0.211. The lowest BCUT2D eigenvalue weighted by Crippen LogP contribution is -2.49. The molecule has 1 heterocycles. The summed E-state index contributed by atoms with van der Waals surface area (Å²) in [6.45, 7) is 3.80. The first kappa shape index (κ1) is 17.9.